The molecule has 0 aromatic carbocycles. The maximum absolute atomic E-state index is 12.6. The number of carbonyl (C=O) groups is 1. The highest BCUT2D eigenvalue weighted by Crippen LogP contribution is 2.28. The average Bonchev–Trinajstić information content (AvgIpc) is 3.03. The molecule has 134 valence electrons. The molecule has 0 spiro atoms. The van der Waals surface area contributed by atoms with Crippen LogP contribution in [0.3, 0.4) is 0 Å². The van der Waals surface area contributed by atoms with Gasteiger partial charge in [-0.2, -0.15) is 5.10 Å². The van der Waals surface area contributed by atoms with Crippen molar-refractivity contribution >= 4 is 11.7 Å². The minimum absolute atomic E-state index is 0.0222. The van der Waals surface area contributed by atoms with Crippen LogP contribution in [0.5, 0.6) is 5.75 Å². The number of pyridine rings is 1. The fourth-order valence-electron chi connectivity index (χ4n) is 3.05. The van der Waals surface area contributed by atoms with Crippen molar-refractivity contribution in [1.29, 1.82) is 0 Å². The summed E-state index contributed by atoms with van der Waals surface area (Å²) in [4.78, 5) is 18.5. The number of aryl methyl sites for hydroxylation is 1. The van der Waals surface area contributed by atoms with Crippen LogP contribution in [0.4, 0.5) is 10.5 Å². The van der Waals surface area contributed by atoms with Crippen molar-refractivity contribution in [3.8, 4) is 5.75 Å². The minimum Gasteiger partial charge on any atom is -0.487 e. The number of urea groups is 1. The van der Waals surface area contributed by atoms with Gasteiger partial charge in [-0.1, -0.05) is 0 Å². The zero-order valence-corrected chi connectivity index (χ0v) is 15.0. The molecule has 7 heteroatoms. The highest BCUT2D eigenvalue weighted by Gasteiger charge is 2.25. The highest BCUT2D eigenvalue weighted by molar-refractivity contribution is 5.90. The predicted molar refractivity (Wildman–Crippen MR) is 95.8 cm³/mol. The van der Waals surface area contributed by atoms with Crippen molar-refractivity contribution in [2.24, 2.45) is 7.05 Å². The number of aromatic nitrogens is 3. The molecule has 25 heavy (non-hydrogen) atoms. The molecule has 1 saturated heterocycles. The largest absolute Gasteiger partial charge is 0.487 e. The summed E-state index contributed by atoms with van der Waals surface area (Å²) in [6, 6.07) is 3.72. The van der Waals surface area contributed by atoms with Crippen LogP contribution in [-0.4, -0.2) is 44.9 Å². The Bertz CT molecular complexity index is 720. The third-order valence-corrected chi connectivity index (χ3v) is 4.32. The van der Waals surface area contributed by atoms with Gasteiger partial charge >= 0.3 is 6.03 Å². The fraction of sp³-hybridized carbons (Fsp3) is 0.500. The van der Waals surface area contributed by atoms with E-state index in [-0.39, 0.29) is 12.1 Å². The fourth-order valence-corrected chi connectivity index (χ4v) is 3.05. The molecule has 3 heterocycles. The first kappa shape index (κ1) is 17.3. The second-order valence-electron chi connectivity index (χ2n) is 6.64. The molecule has 2 aromatic rings. The molecular weight excluding hydrogens is 318 g/mol. The average molecular weight is 343 g/mol. The van der Waals surface area contributed by atoms with Crippen LogP contribution >= 0.6 is 0 Å². The first-order chi connectivity index (χ1) is 12.0. The number of rotatable bonds is 4. The van der Waals surface area contributed by atoms with Gasteiger partial charge in [0.15, 0.2) is 5.75 Å². The molecule has 1 N–H and O–H groups in total. The number of carbonyl (C=O) groups excluding carboxylic acids is 1. The number of piperidine rings is 1. The number of ether oxygens (including phenoxy) is 1. The Morgan fingerprint density at radius 3 is 2.72 bits per heavy atom. The lowest BCUT2D eigenvalue weighted by atomic mass is 9.94. The number of likely N-dealkylation sites (tertiary alicyclic amines) is 1. The SMILES string of the molecule is CC(C)Oc1cnccc1NC(=O)N1CCC(c2ccn(C)n2)CC1. The molecule has 3 rings (SSSR count). The molecule has 0 bridgehead atoms. The summed E-state index contributed by atoms with van der Waals surface area (Å²) < 4.78 is 7.53. The Morgan fingerprint density at radius 1 is 1.32 bits per heavy atom. The predicted octanol–water partition coefficient (Wildman–Crippen LogP) is 3.01. The van der Waals surface area contributed by atoms with Crippen LogP contribution in [0.1, 0.15) is 38.3 Å². The van der Waals surface area contributed by atoms with Gasteiger partial charge in [0.05, 0.1) is 23.7 Å². The molecule has 0 aliphatic carbocycles. The van der Waals surface area contributed by atoms with E-state index in [9.17, 15) is 4.79 Å². The lowest BCUT2D eigenvalue weighted by Crippen LogP contribution is -2.40. The standard InChI is InChI=1S/C18H25N5O2/c1-13(2)25-17-12-19-8-4-16(17)20-18(24)23-10-5-14(6-11-23)15-7-9-22(3)21-15/h4,7-9,12-14H,5-6,10-11H2,1-3H3,(H,19,20,24). The second kappa shape index (κ2) is 7.55. The van der Waals surface area contributed by atoms with Gasteiger partial charge in [0.1, 0.15) is 0 Å². The summed E-state index contributed by atoms with van der Waals surface area (Å²) in [6.45, 7) is 5.33. The van der Waals surface area contributed by atoms with Crippen LogP contribution in [0.25, 0.3) is 0 Å². The lowest BCUT2D eigenvalue weighted by Gasteiger charge is -2.31. The Labute approximate surface area is 148 Å². The second-order valence-corrected chi connectivity index (χ2v) is 6.64. The van der Waals surface area contributed by atoms with Gasteiger partial charge in [0, 0.05) is 38.4 Å². The smallest absolute Gasteiger partial charge is 0.321 e. The molecule has 0 atom stereocenters. The summed E-state index contributed by atoms with van der Waals surface area (Å²) in [5, 5.41) is 7.43. The van der Waals surface area contributed by atoms with E-state index in [2.05, 4.69) is 21.5 Å². The number of amides is 2. The van der Waals surface area contributed by atoms with Gasteiger partial charge in [0.25, 0.3) is 0 Å². The molecular formula is C18H25N5O2. The van der Waals surface area contributed by atoms with Crippen LogP contribution in [-0.2, 0) is 7.05 Å². The highest BCUT2D eigenvalue weighted by atomic mass is 16.5. The quantitative estimate of drug-likeness (QED) is 0.926. The summed E-state index contributed by atoms with van der Waals surface area (Å²) in [5.41, 5.74) is 1.77. The van der Waals surface area contributed by atoms with E-state index in [1.807, 2.05) is 36.7 Å². The topological polar surface area (TPSA) is 72.3 Å². The zero-order chi connectivity index (χ0) is 17.8. The van der Waals surface area contributed by atoms with Crippen molar-refractivity contribution in [1.82, 2.24) is 19.7 Å². The molecule has 0 saturated carbocycles. The first-order valence-electron chi connectivity index (χ1n) is 8.69. The molecule has 2 aromatic heterocycles. The van der Waals surface area contributed by atoms with Crippen LogP contribution in [0.2, 0.25) is 0 Å². The minimum atomic E-state index is -0.0979. The van der Waals surface area contributed by atoms with Crippen molar-refractivity contribution in [3.63, 3.8) is 0 Å². The van der Waals surface area contributed by atoms with E-state index in [1.165, 1.54) is 0 Å². The van der Waals surface area contributed by atoms with Crippen molar-refractivity contribution < 1.29 is 9.53 Å². The van der Waals surface area contributed by atoms with Gasteiger partial charge in [-0.05, 0) is 38.8 Å². The Balaban J connectivity index is 1.58. The van der Waals surface area contributed by atoms with E-state index in [4.69, 9.17) is 4.74 Å². The summed E-state index contributed by atoms with van der Waals surface area (Å²) in [5.74, 6) is 1.01. The monoisotopic (exact) mass is 343 g/mol. The number of hydrogen-bond donors (Lipinski definition) is 1. The lowest BCUT2D eigenvalue weighted by molar-refractivity contribution is 0.193. The van der Waals surface area contributed by atoms with Gasteiger partial charge in [0.2, 0.25) is 0 Å². The van der Waals surface area contributed by atoms with E-state index in [1.54, 1.807) is 18.5 Å². The normalized spacial score (nSPS) is 15.4. The molecule has 1 fully saturated rings. The Kier molecular flexibility index (Phi) is 5.21. The van der Waals surface area contributed by atoms with E-state index < -0.39 is 0 Å². The van der Waals surface area contributed by atoms with E-state index in [0.29, 0.717) is 17.4 Å². The summed E-state index contributed by atoms with van der Waals surface area (Å²) >= 11 is 0. The van der Waals surface area contributed by atoms with Gasteiger partial charge in [-0.15, -0.1) is 0 Å². The maximum Gasteiger partial charge on any atom is 0.321 e. The molecule has 2 amide bonds. The van der Waals surface area contributed by atoms with E-state index in [0.717, 1.165) is 31.6 Å². The van der Waals surface area contributed by atoms with Gasteiger partial charge < -0.3 is 15.0 Å². The Morgan fingerprint density at radius 2 is 2.08 bits per heavy atom. The molecule has 1 aliphatic heterocycles. The summed E-state index contributed by atoms with van der Waals surface area (Å²) in [7, 11) is 1.93. The first-order valence-corrected chi connectivity index (χ1v) is 8.69. The van der Waals surface area contributed by atoms with Crippen molar-refractivity contribution in [2.45, 2.75) is 38.7 Å². The third kappa shape index (κ3) is 4.29. The zero-order valence-electron chi connectivity index (χ0n) is 15.0. The van der Waals surface area contributed by atoms with E-state index >= 15 is 0 Å². The van der Waals surface area contributed by atoms with Crippen molar-refractivity contribution in [3.05, 3.63) is 36.4 Å². The molecule has 0 unspecified atom stereocenters. The van der Waals surface area contributed by atoms with Crippen molar-refractivity contribution in [2.75, 3.05) is 18.4 Å². The number of anilines is 1. The van der Waals surface area contributed by atoms with Gasteiger partial charge in [-0.3, -0.25) is 9.67 Å². The van der Waals surface area contributed by atoms with Gasteiger partial charge in [-0.25, -0.2) is 4.79 Å². The van der Waals surface area contributed by atoms with Crippen LogP contribution in [0, 0.1) is 0 Å². The van der Waals surface area contributed by atoms with Crippen LogP contribution in [0.15, 0.2) is 30.7 Å². The molecule has 1 aliphatic rings. The third-order valence-electron chi connectivity index (χ3n) is 4.32. The number of hydrogen-bond acceptors (Lipinski definition) is 4. The molecule has 7 nitrogen and oxygen atoms in total. The number of nitrogens with zero attached hydrogens (tertiary/aromatic N) is 4. The maximum atomic E-state index is 12.6. The number of nitrogens with one attached hydrogen (secondary N) is 1. The van der Waals surface area contributed by atoms with Crippen LogP contribution < -0.4 is 10.1 Å². The Hall–Kier alpha value is -2.57. The molecule has 0 radical (unpaired) electrons. The summed E-state index contributed by atoms with van der Waals surface area (Å²) in [6.07, 6.45) is 7.12.